The molecule has 1 heterocycles. The number of esters is 1. The molecule has 2 aliphatic rings. The summed E-state index contributed by atoms with van der Waals surface area (Å²) in [6.07, 6.45) is 2.06. The van der Waals surface area contributed by atoms with Gasteiger partial charge in [0.25, 0.3) is 11.8 Å². The zero-order chi connectivity index (χ0) is 27.4. The number of benzene rings is 3. The molecule has 9 heteroatoms. The van der Waals surface area contributed by atoms with Crippen molar-refractivity contribution < 1.29 is 28.7 Å². The quantitative estimate of drug-likeness (QED) is 0.289. The Morgan fingerprint density at radius 3 is 2.18 bits per heavy atom. The monoisotopic (exact) mass is 525 g/mol. The number of amides is 4. The first-order chi connectivity index (χ1) is 18.9. The van der Waals surface area contributed by atoms with Crippen LogP contribution >= 0.6 is 0 Å². The van der Waals surface area contributed by atoms with Crippen molar-refractivity contribution in [2.75, 3.05) is 11.5 Å². The van der Waals surface area contributed by atoms with Gasteiger partial charge in [0.15, 0.2) is 6.61 Å². The lowest BCUT2D eigenvalue weighted by Gasteiger charge is -2.28. The number of rotatable bonds is 6. The van der Waals surface area contributed by atoms with Crippen LogP contribution in [-0.2, 0) is 19.1 Å². The van der Waals surface area contributed by atoms with Crippen molar-refractivity contribution in [2.24, 2.45) is 11.8 Å². The summed E-state index contributed by atoms with van der Waals surface area (Å²) in [5, 5.41) is 0. The van der Waals surface area contributed by atoms with Gasteiger partial charge in [-0.1, -0.05) is 54.6 Å². The molecule has 198 valence electrons. The van der Waals surface area contributed by atoms with E-state index in [4.69, 9.17) is 4.74 Å². The van der Waals surface area contributed by atoms with E-state index in [1.165, 1.54) is 22.6 Å². The summed E-state index contributed by atoms with van der Waals surface area (Å²) in [6, 6.07) is 24.4. The number of ether oxygens (including phenoxy) is 1. The maximum absolute atomic E-state index is 13.4. The van der Waals surface area contributed by atoms with Crippen LogP contribution in [0.3, 0.4) is 0 Å². The zero-order valence-electron chi connectivity index (χ0n) is 21.0. The number of carbonyl (C=O) groups excluding carboxylic acids is 5. The smallest absolute Gasteiger partial charge is 0.338 e. The normalized spacial score (nSPS) is 20.2. The Morgan fingerprint density at radius 1 is 0.769 bits per heavy atom. The fourth-order valence-electron chi connectivity index (χ4n) is 5.27. The number of fused-ring (bicyclic) bond motifs is 1. The number of hydrazine groups is 1. The van der Waals surface area contributed by atoms with Crippen LogP contribution in [0.1, 0.15) is 51.5 Å². The van der Waals surface area contributed by atoms with Crippen LogP contribution in [-0.4, -0.2) is 36.2 Å². The van der Waals surface area contributed by atoms with Gasteiger partial charge in [0, 0.05) is 5.56 Å². The van der Waals surface area contributed by atoms with Gasteiger partial charge in [0.05, 0.1) is 23.1 Å². The summed E-state index contributed by atoms with van der Waals surface area (Å²) in [5.74, 6) is -3.12. The molecule has 5 rings (SSSR count). The van der Waals surface area contributed by atoms with Crippen LogP contribution in [0.2, 0.25) is 0 Å². The van der Waals surface area contributed by atoms with Crippen molar-refractivity contribution in [1.29, 1.82) is 0 Å². The van der Waals surface area contributed by atoms with Gasteiger partial charge in [0.2, 0.25) is 11.8 Å². The number of hydrogen-bond donors (Lipinski definition) is 2. The van der Waals surface area contributed by atoms with Gasteiger partial charge in [-0.15, -0.1) is 0 Å². The van der Waals surface area contributed by atoms with E-state index in [9.17, 15) is 24.0 Å². The molecule has 1 aliphatic carbocycles. The third-order valence-corrected chi connectivity index (χ3v) is 7.22. The van der Waals surface area contributed by atoms with E-state index in [0.29, 0.717) is 24.1 Å². The molecule has 1 saturated heterocycles. The molecule has 9 nitrogen and oxygen atoms in total. The highest BCUT2D eigenvalue weighted by atomic mass is 16.5. The molecular weight excluding hydrogens is 498 g/mol. The summed E-state index contributed by atoms with van der Waals surface area (Å²) in [6.45, 7) is -0.634. The molecule has 3 aromatic rings. The summed E-state index contributed by atoms with van der Waals surface area (Å²) in [5.41, 5.74) is 6.34. The summed E-state index contributed by atoms with van der Waals surface area (Å²) < 4.78 is 5.07. The second kappa shape index (κ2) is 11.3. The van der Waals surface area contributed by atoms with E-state index in [-0.39, 0.29) is 29.2 Å². The average Bonchev–Trinajstić information content (AvgIpc) is 3.24. The molecule has 1 saturated carbocycles. The van der Waals surface area contributed by atoms with Gasteiger partial charge in [-0.2, -0.15) is 0 Å². The fourth-order valence-corrected chi connectivity index (χ4v) is 5.27. The van der Waals surface area contributed by atoms with Crippen molar-refractivity contribution in [3.8, 4) is 0 Å². The predicted octanol–water partition coefficient (Wildman–Crippen LogP) is 3.38. The third-order valence-electron chi connectivity index (χ3n) is 7.22. The molecule has 4 amide bonds. The summed E-state index contributed by atoms with van der Waals surface area (Å²) >= 11 is 0. The minimum atomic E-state index is -0.804. The van der Waals surface area contributed by atoms with Gasteiger partial charge in [-0.3, -0.25) is 34.9 Å². The molecule has 0 radical (unpaired) electrons. The average molecular weight is 526 g/mol. The highest BCUT2D eigenvalue weighted by molar-refractivity contribution is 6.22. The second-order valence-corrected chi connectivity index (χ2v) is 9.64. The number of imide groups is 1. The minimum absolute atomic E-state index is 0.0891. The molecule has 1 aliphatic heterocycles. The van der Waals surface area contributed by atoms with E-state index in [2.05, 4.69) is 23.0 Å². The van der Waals surface area contributed by atoms with E-state index in [0.717, 1.165) is 6.42 Å². The van der Waals surface area contributed by atoms with Crippen molar-refractivity contribution >= 4 is 35.3 Å². The summed E-state index contributed by atoms with van der Waals surface area (Å²) in [4.78, 5) is 64.4. The lowest BCUT2D eigenvalue weighted by atomic mass is 9.73. The lowest BCUT2D eigenvalue weighted by Crippen LogP contribution is -2.43. The molecule has 39 heavy (non-hydrogen) atoms. The maximum atomic E-state index is 13.4. The SMILES string of the molecule is O=C(COC(=O)c1cccc(N2C(=O)[C@H]3C[C@@H](c4ccccc4)CC[C@H]3C2=O)c1)NNC(=O)c1ccccc1. The second-order valence-electron chi connectivity index (χ2n) is 9.64. The van der Waals surface area contributed by atoms with Crippen LogP contribution in [0, 0.1) is 11.8 Å². The lowest BCUT2D eigenvalue weighted by molar-refractivity contribution is -0.125. The van der Waals surface area contributed by atoms with Gasteiger partial charge >= 0.3 is 5.97 Å². The molecule has 2 fully saturated rings. The van der Waals surface area contributed by atoms with Crippen molar-refractivity contribution in [1.82, 2.24) is 10.9 Å². The molecule has 2 N–H and O–H groups in total. The van der Waals surface area contributed by atoms with E-state index < -0.39 is 30.3 Å². The number of hydrogen-bond acceptors (Lipinski definition) is 6. The Hall–Kier alpha value is -4.79. The van der Waals surface area contributed by atoms with Crippen LogP contribution in [0.4, 0.5) is 5.69 Å². The highest BCUT2D eigenvalue weighted by Crippen LogP contribution is 2.45. The molecule has 0 unspecified atom stereocenters. The number of nitrogens with one attached hydrogen (secondary N) is 2. The van der Waals surface area contributed by atoms with Gasteiger partial charge in [0.1, 0.15) is 0 Å². The molecule has 3 aromatic carbocycles. The number of anilines is 1. The first-order valence-corrected chi connectivity index (χ1v) is 12.8. The molecule has 0 aromatic heterocycles. The van der Waals surface area contributed by atoms with Crippen LogP contribution in [0.15, 0.2) is 84.9 Å². The molecular formula is C30H27N3O6. The Balaban J connectivity index is 1.19. The van der Waals surface area contributed by atoms with E-state index in [1.807, 2.05) is 18.2 Å². The number of nitrogens with zero attached hydrogens (tertiary/aromatic N) is 1. The van der Waals surface area contributed by atoms with E-state index in [1.54, 1.807) is 42.5 Å². The Morgan fingerprint density at radius 2 is 1.44 bits per heavy atom. The van der Waals surface area contributed by atoms with Gasteiger partial charge < -0.3 is 4.74 Å². The molecule has 3 atom stereocenters. The standard InChI is InChI=1S/C30H27N3O6/c34-26(31-32-27(35)20-10-5-2-6-11-20)18-39-30(38)22-12-7-13-23(16-22)33-28(36)24-15-14-21(17-25(24)29(33)37)19-8-3-1-4-9-19/h1-13,16,21,24-25H,14-15,17-18H2,(H,31,34)(H,32,35)/t21-,24+,25-/m0/s1. The van der Waals surface area contributed by atoms with Crippen molar-refractivity contribution in [2.45, 2.75) is 25.2 Å². The topological polar surface area (TPSA) is 122 Å². The zero-order valence-corrected chi connectivity index (χ0v) is 21.0. The minimum Gasteiger partial charge on any atom is -0.452 e. The van der Waals surface area contributed by atoms with Gasteiger partial charge in [-0.05, 0) is 61.1 Å². The fraction of sp³-hybridized carbons (Fsp3) is 0.233. The maximum Gasteiger partial charge on any atom is 0.338 e. The van der Waals surface area contributed by atoms with Crippen LogP contribution in [0.25, 0.3) is 0 Å². The molecule has 0 bridgehead atoms. The van der Waals surface area contributed by atoms with Crippen molar-refractivity contribution in [3.63, 3.8) is 0 Å². The predicted molar refractivity (Wildman–Crippen MR) is 141 cm³/mol. The number of carbonyl (C=O) groups is 5. The molecule has 0 spiro atoms. The largest absolute Gasteiger partial charge is 0.452 e. The van der Waals surface area contributed by atoms with Crippen molar-refractivity contribution in [3.05, 3.63) is 102 Å². The Kier molecular flexibility index (Phi) is 7.49. The first-order valence-electron chi connectivity index (χ1n) is 12.8. The Labute approximate surface area is 225 Å². The third kappa shape index (κ3) is 5.57. The van der Waals surface area contributed by atoms with E-state index >= 15 is 0 Å². The van der Waals surface area contributed by atoms with Crippen LogP contribution in [0.5, 0.6) is 0 Å². The summed E-state index contributed by atoms with van der Waals surface area (Å²) in [7, 11) is 0. The van der Waals surface area contributed by atoms with Crippen LogP contribution < -0.4 is 15.8 Å². The first kappa shape index (κ1) is 25.8. The highest BCUT2D eigenvalue weighted by Gasteiger charge is 2.50. The van der Waals surface area contributed by atoms with Gasteiger partial charge in [-0.25, -0.2) is 4.79 Å². The Bertz CT molecular complexity index is 1410.